The Hall–Kier alpha value is -0.790. The van der Waals surface area contributed by atoms with Crippen LogP contribution in [-0.4, -0.2) is 20.7 Å². The fourth-order valence-electron chi connectivity index (χ4n) is 3.57. The molecule has 0 saturated carbocycles. The maximum atomic E-state index is 12.5. The summed E-state index contributed by atoms with van der Waals surface area (Å²) in [5, 5.41) is 2.22. The molecule has 13 heteroatoms. The Kier molecular flexibility index (Phi) is 8.16. The Bertz CT molecular complexity index is 1390. The van der Waals surface area contributed by atoms with Gasteiger partial charge in [0.25, 0.3) is 0 Å². The Morgan fingerprint density at radius 2 is 0.861 bits per heavy atom. The van der Waals surface area contributed by atoms with Gasteiger partial charge < -0.3 is 0 Å². The highest BCUT2D eigenvalue weighted by molar-refractivity contribution is 6.68. The first-order chi connectivity index (χ1) is 16.7. The molecule has 3 aromatic carbocycles. The van der Waals surface area contributed by atoms with Crippen LogP contribution in [-0.2, 0) is 11.4 Å². The SMILES string of the molecule is ClC(Cl)(Cl)c1nc(C(Cl)(Cl)Cl)nc(C(Cl)(Cl)Cl)n1.O=C1c2ccccc2-c2cccc3cccc1c23. The van der Waals surface area contributed by atoms with Gasteiger partial charge in [-0.05, 0) is 16.5 Å². The third-order valence-electron chi connectivity index (χ3n) is 5.01. The van der Waals surface area contributed by atoms with Gasteiger partial charge in [-0.1, -0.05) is 165 Å². The molecule has 0 amide bonds. The molecule has 0 bridgehead atoms. The van der Waals surface area contributed by atoms with E-state index in [1.165, 1.54) is 5.56 Å². The van der Waals surface area contributed by atoms with Crippen LogP contribution in [0.3, 0.4) is 0 Å². The van der Waals surface area contributed by atoms with Crippen LogP contribution < -0.4 is 0 Å². The second kappa shape index (κ2) is 10.4. The van der Waals surface area contributed by atoms with Crippen molar-refractivity contribution in [3.8, 4) is 11.1 Å². The monoisotopic (exact) mass is 659 g/mol. The highest BCUT2D eigenvalue weighted by atomic mass is 35.6. The normalized spacial score (nSPS) is 13.2. The standard InChI is InChI=1S/C17H10O.C6Cl9N3/c18-17-14-8-2-1-7-12(14)13-9-3-5-11-6-4-10-15(17)16(11)13;7-4(8,9)1-16-2(5(10,11)12)18-3(17-1)6(13,14)15/h1-10H;. The zero-order valence-electron chi connectivity index (χ0n) is 17.4. The zero-order valence-corrected chi connectivity index (χ0v) is 24.2. The van der Waals surface area contributed by atoms with E-state index in [0.29, 0.717) is 0 Å². The molecule has 1 aliphatic rings. The van der Waals surface area contributed by atoms with Crippen LogP contribution in [0.5, 0.6) is 0 Å². The summed E-state index contributed by atoms with van der Waals surface area (Å²) >= 11 is 50.6. The summed E-state index contributed by atoms with van der Waals surface area (Å²) in [7, 11) is 0. The molecular formula is C23H10Cl9N3O. The first-order valence-electron chi connectivity index (χ1n) is 9.81. The molecule has 1 aliphatic carbocycles. The predicted molar refractivity (Wildman–Crippen MR) is 150 cm³/mol. The lowest BCUT2D eigenvalue weighted by molar-refractivity contribution is 0.104. The smallest absolute Gasteiger partial charge is 0.250 e. The van der Waals surface area contributed by atoms with Gasteiger partial charge in [-0.15, -0.1) is 0 Å². The van der Waals surface area contributed by atoms with Crippen molar-refractivity contribution in [3.63, 3.8) is 0 Å². The predicted octanol–water partition coefficient (Wildman–Crippen LogP) is 9.40. The molecule has 5 rings (SSSR count). The van der Waals surface area contributed by atoms with Crippen molar-refractivity contribution in [2.24, 2.45) is 0 Å². The fraction of sp³-hybridized carbons (Fsp3) is 0.130. The van der Waals surface area contributed by atoms with E-state index in [9.17, 15) is 4.79 Å². The van der Waals surface area contributed by atoms with Crippen LogP contribution in [0.15, 0.2) is 60.7 Å². The Balaban J connectivity index is 0.000000169. The number of aromatic nitrogens is 3. The van der Waals surface area contributed by atoms with Crippen molar-refractivity contribution in [2.75, 3.05) is 0 Å². The van der Waals surface area contributed by atoms with E-state index in [1.807, 2.05) is 42.5 Å². The van der Waals surface area contributed by atoms with Crippen molar-refractivity contribution in [3.05, 3.63) is 89.3 Å². The minimum Gasteiger partial charge on any atom is -0.289 e. The van der Waals surface area contributed by atoms with E-state index >= 15 is 0 Å². The van der Waals surface area contributed by atoms with Crippen LogP contribution in [0.2, 0.25) is 0 Å². The molecule has 1 aromatic heterocycles. The van der Waals surface area contributed by atoms with Crippen molar-refractivity contribution in [2.45, 2.75) is 11.4 Å². The van der Waals surface area contributed by atoms with Crippen LogP contribution >= 0.6 is 104 Å². The van der Waals surface area contributed by atoms with E-state index in [1.54, 1.807) is 0 Å². The second-order valence-electron chi connectivity index (χ2n) is 7.38. The van der Waals surface area contributed by atoms with E-state index in [2.05, 4.69) is 33.2 Å². The Morgan fingerprint density at radius 1 is 0.472 bits per heavy atom. The first-order valence-corrected chi connectivity index (χ1v) is 13.2. The quantitative estimate of drug-likeness (QED) is 0.155. The maximum Gasteiger partial charge on any atom is 0.250 e. The van der Waals surface area contributed by atoms with Gasteiger partial charge in [-0.25, -0.2) is 15.0 Å². The highest BCUT2D eigenvalue weighted by Gasteiger charge is 2.37. The molecule has 0 saturated heterocycles. The molecule has 0 unspecified atom stereocenters. The van der Waals surface area contributed by atoms with Crippen molar-refractivity contribution in [1.29, 1.82) is 0 Å². The van der Waals surface area contributed by atoms with Gasteiger partial charge in [0, 0.05) is 16.5 Å². The lowest BCUT2D eigenvalue weighted by atomic mass is 9.83. The molecule has 0 aliphatic heterocycles. The molecule has 0 atom stereocenters. The molecule has 36 heavy (non-hydrogen) atoms. The number of ketones is 1. The largest absolute Gasteiger partial charge is 0.289 e. The van der Waals surface area contributed by atoms with Gasteiger partial charge >= 0.3 is 0 Å². The van der Waals surface area contributed by atoms with Crippen LogP contribution in [0.4, 0.5) is 0 Å². The Labute approximate surface area is 250 Å². The Morgan fingerprint density at radius 3 is 1.31 bits per heavy atom. The van der Waals surface area contributed by atoms with E-state index in [4.69, 9.17) is 104 Å². The van der Waals surface area contributed by atoms with Gasteiger partial charge in [0.1, 0.15) is 0 Å². The van der Waals surface area contributed by atoms with E-state index in [0.717, 1.165) is 27.5 Å². The average Bonchev–Trinajstić information content (AvgIpc) is 2.81. The number of halogens is 9. The van der Waals surface area contributed by atoms with Gasteiger partial charge in [0.2, 0.25) is 11.4 Å². The number of nitrogens with zero attached hydrogens (tertiary/aromatic N) is 3. The molecule has 0 N–H and O–H groups in total. The summed E-state index contributed by atoms with van der Waals surface area (Å²) in [5.41, 5.74) is 3.84. The number of alkyl halides is 9. The summed E-state index contributed by atoms with van der Waals surface area (Å²) in [6.45, 7) is 0. The van der Waals surface area contributed by atoms with Gasteiger partial charge in [-0.3, -0.25) is 4.79 Å². The summed E-state index contributed by atoms with van der Waals surface area (Å²) in [4.78, 5) is 23.6. The molecule has 1 heterocycles. The second-order valence-corrected chi connectivity index (χ2v) is 14.2. The lowest BCUT2D eigenvalue weighted by Gasteiger charge is -2.19. The summed E-state index contributed by atoms with van der Waals surface area (Å²) in [6.07, 6.45) is 0. The third kappa shape index (κ3) is 5.93. The fourth-order valence-corrected chi connectivity index (χ4v) is 4.33. The van der Waals surface area contributed by atoms with Gasteiger partial charge in [-0.2, -0.15) is 0 Å². The number of hydrogen-bond donors (Lipinski definition) is 0. The molecule has 4 aromatic rings. The first kappa shape index (κ1) is 28.2. The summed E-state index contributed by atoms with van der Waals surface area (Å²) in [5.74, 6) is -0.852. The number of benzene rings is 3. The van der Waals surface area contributed by atoms with Gasteiger partial charge in [0.15, 0.2) is 23.3 Å². The number of fused-ring (bicyclic) bond motifs is 2. The zero-order chi connectivity index (χ0) is 26.5. The average molecular weight is 663 g/mol. The number of rotatable bonds is 0. The third-order valence-corrected chi connectivity index (χ3v) is 6.53. The number of carbonyl (C=O) groups is 1. The molecule has 0 fully saturated rings. The summed E-state index contributed by atoms with van der Waals surface area (Å²) in [6, 6.07) is 20.0. The van der Waals surface area contributed by atoms with Crippen LogP contribution in [0.1, 0.15) is 33.4 Å². The van der Waals surface area contributed by atoms with E-state index < -0.39 is 11.4 Å². The number of hydrogen-bond acceptors (Lipinski definition) is 4. The minimum absolute atomic E-state index is 0.134. The topological polar surface area (TPSA) is 55.7 Å². The van der Waals surface area contributed by atoms with Gasteiger partial charge in [0.05, 0.1) is 0 Å². The number of carbonyl (C=O) groups excluding carboxylic acids is 1. The minimum atomic E-state index is -1.99. The van der Waals surface area contributed by atoms with Crippen molar-refractivity contribution in [1.82, 2.24) is 15.0 Å². The molecular weight excluding hydrogens is 653 g/mol. The van der Waals surface area contributed by atoms with E-state index in [-0.39, 0.29) is 23.3 Å². The van der Waals surface area contributed by atoms with Crippen LogP contribution in [0, 0.1) is 0 Å². The lowest BCUT2D eigenvalue weighted by Crippen LogP contribution is -2.21. The summed E-state index contributed by atoms with van der Waals surface area (Å²) < 4.78 is -5.96. The van der Waals surface area contributed by atoms with Crippen molar-refractivity contribution >= 4 is 121 Å². The molecule has 4 nitrogen and oxygen atoms in total. The molecule has 0 radical (unpaired) electrons. The van der Waals surface area contributed by atoms with Crippen molar-refractivity contribution < 1.29 is 4.79 Å². The van der Waals surface area contributed by atoms with Crippen LogP contribution in [0.25, 0.3) is 21.9 Å². The molecule has 186 valence electrons. The maximum absolute atomic E-state index is 12.5. The highest BCUT2D eigenvalue weighted by Crippen LogP contribution is 2.43. The molecule has 0 spiro atoms.